The molecule has 3 heterocycles. The largest absolute Gasteiger partial charge is 0.501 e. The molecule has 1 fully saturated rings. The Bertz CT molecular complexity index is 326. The summed E-state index contributed by atoms with van der Waals surface area (Å²) in [5, 5.41) is 11.0. The minimum atomic E-state index is -0.0875. The maximum atomic E-state index is 11.3. The van der Waals surface area contributed by atoms with Gasteiger partial charge in [-0.05, 0) is 6.08 Å². The molecular weight excluding hydrogens is 182 g/mol. The van der Waals surface area contributed by atoms with Gasteiger partial charge in [-0.15, -0.1) is 5.11 Å². The van der Waals surface area contributed by atoms with Crippen LogP contribution in [-0.2, 0) is 9.53 Å². The normalized spacial score (nSPS) is 44.4. The van der Waals surface area contributed by atoms with Crippen molar-refractivity contribution in [3.8, 4) is 0 Å². The van der Waals surface area contributed by atoms with E-state index in [1.165, 1.54) is 0 Å². The van der Waals surface area contributed by atoms with Crippen molar-refractivity contribution in [3.05, 3.63) is 12.3 Å². The van der Waals surface area contributed by atoms with Crippen molar-refractivity contribution < 1.29 is 9.53 Å². The van der Waals surface area contributed by atoms with E-state index in [4.69, 9.17) is 4.74 Å². The lowest BCUT2D eigenvalue weighted by molar-refractivity contribution is -0.121. The Morgan fingerprint density at radius 1 is 1.57 bits per heavy atom. The molecule has 74 valence electrons. The number of fused-ring (bicyclic) bond motifs is 3. The second-order valence-electron chi connectivity index (χ2n) is 3.91. The van der Waals surface area contributed by atoms with E-state index >= 15 is 0 Å². The molecule has 0 radical (unpaired) electrons. The maximum Gasteiger partial charge on any atom is 0.270 e. The first-order valence-corrected chi connectivity index (χ1v) is 4.82. The third-order valence-corrected chi connectivity index (χ3v) is 3.16. The number of rotatable bonds is 0. The summed E-state index contributed by atoms with van der Waals surface area (Å²) in [4.78, 5) is 11.3. The summed E-state index contributed by atoms with van der Waals surface area (Å²) in [6.45, 7) is 1.31. The Kier molecular flexibility index (Phi) is 1.67. The summed E-state index contributed by atoms with van der Waals surface area (Å²) in [7, 11) is 0. The second kappa shape index (κ2) is 2.88. The van der Waals surface area contributed by atoms with Crippen molar-refractivity contribution in [1.29, 1.82) is 0 Å². The molecule has 0 spiro atoms. The molecule has 3 rings (SSSR count). The average molecular weight is 193 g/mol. The van der Waals surface area contributed by atoms with Gasteiger partial charge in [0.2, 0.25) is 0 Å². The fourth-order valence-electron chi connectivity index (χ4n) is 2.36. The molecule has 1 amide bonds. The highest BCUT2D eigenvalue weighted by molar-refractivity contribution is 5.81. The standard InChI is InChI=1S/C9H11N3O2/c13-9-5-3-10-7-1-2-14-4-6(7)8(5)11-12-9/h1-2,5-8,10H,3-4H2. The van der Waals surface area contributed by atoms with Crippen LogP contribution in [0.4, 0.5) is 0 Å². The van der Waals surface area contributed by atoms with E-state index in [0.717, 1.165) is 0 Å². The third-order valence-electron chi connectivity index (χ3n) is 3.16. The molecule has 3 aliphatic heterocycles. The van der Waals surface area contributed by atoms with Crippen LogP contribution in [0.15, 0.2) is 22.6 Å². The molecule has 0 aromatic carbocycles. The molecule has 0 aliphatic carbocycles. The summed E-state index contributed by atoms with van der Waals surface area (Å²) >= 11 is 0. The van der Waals surface area contributed by atoms with Crippen LogP contribution in [0.5, 0.6) is 0 Å². The number of amides is 1. The van der Waals surface area contributed by atoms with Gasteiger partial charge in [-0.2, -0.15) is 5.11 Å². The summed E-state index contributed by atoms with van der Waals surface area (Å²) in [5.74, 6) is 0.107. The highest BCUT2D eigenvalue weighted by Crippen LogP contribution is 2.32. The summed E-state index contributed by atoms with van der Waals surface area (Å²) in [5.41, 5.74) is 0. The van der Waals surface area contributed by atoms with Gasteiger partial charge in [-0.1, -0.05) is 0 Å². The molecule has 0 saturated carbocycles. The molecule has 1 saturated heterocycles. The first-order chi connectivity index (χ1) is 6.86. The zero-order valence-corrected chi connectivity index (χ0v) is 7.59. The number of azo groups is 1. The van der Waals surface area contributed by atoms with Crippen molar-refractivity contribution in [2.24, 2.45) is 22.1 Å². The van der Waals surface area contributed by atoms with Crippen molar-refractivity contribution in [2.75, 3.05) is 13.2 Å². The van der Waals surface area contributed by atoms with Crippen molar-refractivity contribution in [3.63, 3.8) is 0 Å². The molecule has 5 heteroatoms. The minimum Gasteiger partial charge on any atom is -0.501 e. The Morgan fingerprint density at radius 3 is 3.43 bits per heavy atom. The Labute approximate surface area is 81.2 Å². The van der Waals surface area contributed by atoms with Crippen LogP contribution in [0.1, 0.15) is 0 Å². The van der Waals surface area contributed by atoms with E-state index in [9.17, 15) is 4.79 Å². The number of nitrogens with one attached hydrogen (secondary N) is 1. The van der Waals surface area contributed by atoms with E-state index in [0.29, 0.717) is 13.2 Å². The van der Waals surface area contributed by atoms with E-state index < -0.39 is 0 Å². The van der Waals surface area contributed by atoms with Crippen LogP contribution in [0.25, 0.3) is 0 Å². The van der Waals surface area contributed by atoms with E-state index in [1.807, 2.05) is 6.08 Å². The average Bonchev–Trinajstić information content (AvgIpc) is 2.61. The fraction of sp³-hybridized carbons (Fsp3) is 0.667. The number of ether oxygens (including phenoxy) is 1. The smallest absolute Gasteiger partial charge is 0.270 e. The van der Waals surface area contributed by atoms with Gasteiger partial charge >= 0.3 is 0 Å². The van der Waals surface area contributed by atoms with Gasteiger partial charge in [0.1, 0.15) is 0 Å². The summed E-state index contributed by atoms with van der Waals surface area (Å²) in [6, 6.07) is 0.313. The molecular formula is C9H11N3O2. The molecule has 5 nitrogen and oxygen atoms in total. The predicted molar refractivity (Wildman–Crippen MR) is 47.5 cm³/mol. The number of hydrogen-bond acceptors (Lipinski definition) is 4. The molecule has 14 heavy (non-hydrogen) atoms. The van der Waals surface area contributed by atoms with Gasteiger partial charge in [-0.3, -0.25) is 4.79 Å². The Morgan fingerprint density at radius 2 is 2.50 bits per heavy atom. The molecule has 0 aromatic rings. The van der Waals surface area contributed by atoms with Crippen LogP contribution in [-0.4, -0.2) is 31.1 Å². The van der Waals surface area contributed by atoms with Gasteiger partial charge in [0, 0.05) is 18.5 Å². The Balaban J connectivity index is 1.89. The van der Waals surface area contributed by atoms with Gasteiger partial charge in [0.25, 0.3) is 5.91 Å². The first-order valence-electron chi connectivity index (χ1n) is 4.82. The highest BCUT2D eigenvalue weighted by atomic mass is 16.5. The molecule has 4 unspecified atom stereocenters. The monoisotopic (exact) mass is 193 g/mol. The van der Waals surface area contributed by atoms with Gasteiger partial charge < -0.3 is 10.1 Å². The first kappa shape index (κ1) is 8.11. The lowest BCUT2D eigenvalue weighted by Crippen LogP contribution is -2.54. The van der Waals surface area contributed by atoms with Gasteiger partial charge in [0.05, 0.1) is 24.8 Å². The number of piperidine rings is 1. The van der Waals surface area contributed by atoms with Crippen LogP contribution >= 0.6 is 0 Å². The highest BCUT2D eigenvalue weighted by Gasteiger charge is 2.46. The third kappa shape index (κ3) is 1.02. The van der Waals surface area contributed by atoms with Crippen LogP contribution in [0.3, 0.4) is 0 Å². The maximum absolute atomic E-state index is 11.3. The quantitative estimate of drug-likeness (QED) is 0.593. The minimum absolute atomic E-state index is 0.0266. The van der Waals surface area contributed by atoms with E-state index in [-0.39, 0.29) is 29.8 Å². The lowest BCUT2D eigenvalue weighted by atomic mass is 9.80. The number of hydrogen-bond donors (Lipinski definition) is 1. The fourth-order valence-corrected chi connectivity index (χ4v) is 2.36. The predicted octanol–water partition coefficient (Wildman–Crippen LogP) is 0.0955. The number of nitrogens with zero attached hydrogens (tertiary/aromatic N) is 2. The second-order valence-corrected chi connectivity index (χ2v) is 3.91. The summed E-state index contributed by atoms with van der Waals surface area (Å²) < 4.78 is 5.25. The van der Waals surface area contributed by atoms with Crippen LogP contribution in [0, 0.1) is 11.8 Å². The van der Waals surface area contributed by atoms with Crippen LogP contribution < -0.4 is 5.32 Å². The molecule has 0 aromatic heterocycles. The number of carbonyl (C=O) groups is 1. The topological polar surface area (TPSA) is 63.0 Å². The van der Waals surface area contributed by atoms with E-state index in [1.54, 1.807) is 6.26 Å². The zero-order chi connectivity index (χ0) is 9.54. The van der Waals surface area contributed by atoms with Crippen molar-refractivity contribution in [1.82, 2.24) is 5.32 Å². The van der Waals surface area contributed by atoms with Gasteiger partial charge in [0.15, 0.2) is 0 Å². The molecule has 0 bridgehead atoms. The van der Waals surface area contributed by atoms with E-state index in [2.05, 4.69) is 15.5 Å². The van der Waals surface area contributed by atoms with Crippen molar-refractivity contribution in [2.45, 2.75) is 12.1 Å². The molecule has 3 aliphatic rings. The zero-order valence-electron chi connectivity index (χ0n) is 7.59. The lowest BCUT2D eigenvalue weighted by Gasteiger charge is -2.37. The van der Waals surface area contributed by atoms with Gasteiger partial charge in [-0.25, -0.2) is 0 Å². The SMILES string of the molecule is O=C1N=NC2C1CNC1C=COCC12. The number of carbonyl (C=O) groups excluding carboxylic acids is 1. The summed E-state index contributed by atoms with van der Waals surface area (Å²) in [6.07, 6.45) is 3.70. The Hall–Kier alpha value is -1.23. The van der Waals surface area contributed by atoms with Crippen molar-refractivity contribution >= 4 is 5.91 Å². The van der Waals surface area contributed by atoms with Crippen LogP contribution in [0.2, 0.25) is 0 Å². The molecule has 1 N–H and O–H groups in total. The molecule has 4 atom stereocenters.